The summed E-state index contributed by atoms with van der Waals surface area (Å²) in [6.07, 6.45) is 0. The third-order valence-electron chi connectivity index (χ3n) is 3.29. The quantitative estimate of drug-likeness (QED) is 0.552. The molecule has 25 heavy (non-hydrogen) atoms. The average molecular weight is 342 g/mol. The zero-order valence-electron chi connectivity index (χ0n) is 13.8. The van der Waals surface area contributed by atoms with E-state index in [1.165, 1.54) is 31.2 Å². The number of non-ortho nitro benzene ring substituents is 1. The van der Waals surface area contributed by atoms with Gasteiger partial charge in [-0.05, 0) is 36.8 Å². The summed E-state index contributed by atoms with van der Waals surface area (Å²) in [6.45, 7) is 3.29. The van der Waals surface area contributed by atoms with Gasteiger partial charge in [0.2, 0.25) is 11.8 Å². The van der Waals surface area contributed by atoms with Crippen LogP contribution in [0, 0.1) is 17.0 Å². The second kappa shape index (κ2) is 7.91. The van der Waals surface area contributed by atoms with Crippen molar-refractivity contribution < 1.29 is 14.5 Å². The molecule has 2 rings (SSSR count). The van der Waals surface area contributed by atoms with E-state index in [9.17, 15) is 19.7 Å². The topological polar surface area (TPSA) is 113 Å². The van der Waals surface area contributed by atoms with E-state index in [0.717, 1.165) is 5.56 Å². The first-order valence-electron chi connectivity index (χ1n) is 7.51. The third kappa shape index (κ3) is 5.31. The number of nitro groups is 1. The number of hydrogen-bond acceptors (Lipinski definition) is 5. The van der Waals surface area contributed by atoms with Gasteiger partial charge in [-0.1, -0.05) is 6.07 Å². The largest absolute Gasteiger partial charge is 0.374 e. The van der Waals surface area contributed by atoms with Crippen LogP contribution in [0.4, 0.5) is 22.7 Å². The van der Waals surface area contributed by atoms with Crippen molar-refractivity contribution in [3.63, 3.8) is 0 Å². The molecule has 0 saturated heterocycles. The molecular weight excluding hydrogens is 324 g/mol. The summed E-state index contributed by atoms with van der Waals surface area (Å²) >= 11 is 0. The standard InChI is InChI=1S/C17H18N4O4/c1-11-3-8-15(19-12(2)22)16(9-11)18-10-17(23)20-13-4-6-14(7-5-13)21(24)25/h3-9,18H,10H2,1-2H3,(H,19,22)(H,20,23). The van der Waals surface area contributed by atoms with Crippen LogP contribution in [0.1, 0.15) is 12.5 Å². The minimum atomic E-state index is -0.506. The van der Waals surface area contributed by atoms with Gasteiger partial charge in [-0.2, -0.15) is 0 Å². The smallest absolute Gasteiger partial charge is 0.269 e. The number of anilines is 3. The summed E-state index contributed by atoms with van der Waals surface area (Å²) < 4.78 is 0. The van der Waals surface area contributed by atoms with Crippen LogP contribution in [-0.4, -0.2) is 23.3 Å². The van der Waals surface area contributed by atoms with Crippen molar-refractivity contribution in [2.24, 2.45) is 0 Å². The van der Waals surface area contributed by atoms with Crippen LogP contribution in [0.3, 0.4) is 0 Å². The Morgan fingerprint density at radius 1 is 1.04 bits per heavy atom. The number of carbonyl (C=O) groups excluding carboxylic acids is 2. The summed E-state index contributed by atoms with van der Waals surface area (Å²) in [5, 5.41) is 18.9. The maximum absolute atomic E-state index is 12.0. The summed E-state index contributed by atoms with van der Waals surface area (Å²) in [4.78, 5) is 33.4. The normalized spacial score (nSPS) is 10.0. The monoisotopic (exact) mass is 342 g/mol. The molecule has 2 amide bonds. The Kier molecular flexibility index (Phi) is 5.67. The average Bonchev–Trinajstić information content (AvgIpc) is 2.55. The Hall–Kier alpha value is -3.42. The van der Waals surface area contributed by atoms with E-state index in [2.05, 4.69) is 16.0 Å². The number of amides is 2. The van der Waals surface area contributed by atoms with E-state index in [1.54, 1.807) is 6.07 Å². The van der Waals surface area contributed by atoms with Crippen molar-refractivity contribution in [1.29, 1.82) is 0 Å². The maximum Gasteiger partial charge on any atom is 0.269 e. The lowest BCUT2D eigenvalue weighted by Gasteiger charge is -2.13. The van der Waals surface area contributed by atoms with Crippen LogP contribution >= 0.6 is 0 Å². The Labute approximate surface area is 144 Å². The maximum atomic E-state index is 12.0. The van der Waals surface area contributed by atoms with Gasteiger partial charge in [-0.25, -0.2) is 0 Å². The third-order valence-corrected chi connectivity index (χ3v) is 3.29. The van der Waals surface area contributed by atoms with Gasteiger partial charge < -0.3 is 16.0 Å². The highest BCUT2D eigenvalue weighted by molar-refractivity contribution is 5.96. The fraction of sp³-hybridized carbons (Fsp3) is 0.176. The first-order chi connectivity index (χ1) is 11.8. The summed E-state index contributed by atoms with van der Waals surface area (Å²) in [5.41, 5.74) is 2.61. The number of aryl methyl sites for hydroxylation is 1. The molecular formula is C17H18N4O4. The predicted molar refractivity (Wildman–Crippen MR) is 95.7 cm³/mol. The molecule has 0 aliphatic heterocycles. The van der Waals surface area contributed by atoms with Crippen LogP contribution in [0.2, 0.25) is 0 Å². The van der Waals surface area contributed by atoms with Crippen molar-refractivity contribution in [3.8, 4) is 0 Å². The number of nitro benzene ring substituents is 1. The Balaban J connectivity index is 1.98. The van der Waals surface area contributed by atoms with Gasteiger partial charge >= 0.3 is 0 Å². The first-order valence-corrected chi connectivity index (χ1v) is 7.51. The molecule has 130 valence electrons. The number of benzene rings is 2. The second-order valence-electron chi connectivity index (χ2n) is 5.44. The number of rotatable bonds is 6. The number of nitrogens with one attached hydrogen (secondary N) is 3. The van der Waals surface area contributed by atoms with Crippen molar-refractivity contribution in [3.05, 3.63) is 58.1 Å². The van der Waals surface area contributed by atoms with E-state index in [0.29, 0.717) is 17.1 Å². The van der Waals surface area contributed by atoms with Gasteiger partial charge in [0.15, 0.2) is 0 Å². The molecule has 3 N–H and O–H groups in total. The SMILES string of the molecule is CC(=O)Nc1ccc(C)cc1NCC(=O)Nc1ccc([N+](=O)[O-])cc1. The summed E-state index contributed by atoms with van der Waals surface area (Å²) in [7, 11) is 0. The minimum Gasteiger partial charge on any atom is -0.374 e. The molecule has 2 aromatic carbocycles. The zero-order valence-corrected chi connectivity index (χ0v) is 13.8. The van der Waals surface area contributed by atoms with Crippen molar-refractivity contribution in [2.75, 3.05) is 22.5 Å². The van der Waals surface area contributed by atoms with Crippen LogP contribution in [0.25, 0.3) is 0 Å². The lowest BCUT2D eigenvalue weighted by Crippen LogP contribution is -2.22. The molecule has 0 aliphatic rings. The number of carbonyl (C=O) groups is 2. The van der Waals surface area contributed by atoms with Gasteiger partial charge in [0.1, 0.15) is 0 Å². The molecule has 0 bridgehead atoms. The van der Waals surface area contributed by atoms with E-state index in [-0.39, 0.29) is 24.0 Å². The molecule has 0 saturated carbocycles. The highest BCUT2D eigenvalue weighted by Crippen LogP contribution is 2.23. The Morgan fingerprint density at radius 3 is 2.32 bits per heavy atom. The zero-order chi connectivity index (χ0) is 18.4. The number of hydrogen-bond donors (Lipinski definition) is 3. The minimum absolute atomic E-state index is 0.0208. The molecule has 0 aromatic heterocycles. The summed E-state index contributed by atoms with van der Waals surface area (Å²) in [5.74, 6) is -0.522. The summed E-state index contributed by atoms with van der Waals surface area (Å²) in [6, 6.07) is 11.0. The van der Waals surface area contributed by atoms with Crippen molar-refractivity contribution >= 4 is 34.6 Å². The number of nitrogens with zero attached hydrogens (tertiary/aromatic N) is 1. The van der Waals surface area contributed by atoms with Crippen LogP contribution < -0.4 is 16.0 Å². The van der Waals surface area contributed by atoms with Crippen molar-refractivity contribution in [2.45, 2.75) is 13.8 Å². The van der Waals surface area contributed by atoms with E-state index in [4.69, 9.17) is 0 Å². The fourth-order valence-electron chi connectivity index (χ4n) is 2.15. The van der Waals surface area contributed by atoms with Gasteiger partial charge in [0, 0.05) is 24.7 Å². The lowest BCUT2D eigenvalue weighted by atomic mass is 10.2. The van der Waals surface area contributed by atoms with Gasteiger partial charge in [0.05, 0.1) is 22.8 Å². The van der Waals surface area contributed by atoms with Crippen LogP contribution in [0.5, 0.6) is 0 Å². The van der Waals surface area contributed by atoms with E-state index < -0.39 is 4.92 Å². The molecule has 8 heteroatoms. The predicted octanol–water partition coefficient (Wildman–Crippen LogP) is 2.91. The Bertz CT molecular complexity index is 803. The van der Waals surface area contributed by atoms with E-state index in [1.807, 2.05) is 19.1 Å². The molecule has 8 nitrogen and oxygen atoms in total. The van der Waals surface area contributed by atoms with Crippen LogP contribution in [0.15, 0.2) is 42.5 Å². The van der Waals surface area contributed by atoms with Gasteiger partial charge in [-0.15, -0.1) is 0 Å². The fourth-order valence-corrected chi connectivity index (χ4v) is 2.15. The molecule has 0 unspecified atom stereocenters. The highest BCUT2D eigenvalue weighted by Gasteiger charge is 2.09. The Morgan fingerprint density at radius 2 is 1.72 bits per heavy atom. The molecule has 0 atom stereocenters. The molecule has 2 aromatic rings. The first kappa shape index (κ1) is 17.9. The highest BCUT2D eigenvalue weighted by atomic mass is 16.6. The second-order valence-corrected chi connectivity index (χ2v) is 5.44. The van der Waals surface area contributed by atoms with Crippen LogP contribution in [-0.2, 0) is 9.59 Å². The molecule has 0 spiro atoms. The van der Waals surface area contributed by atoms with Gasteiger partial charge in [-0.3, -0.25) is 19.7 Å². The molecule has 0 aliphatic carbocycles. The van der Waals surface area contributed by atoms with Gasteiger partial charge in [0.25, 0.3) is 5.69 Å². The van der Waals surface area contributed by atoms with E-state index >= 15 is 0 Å². The van der Waals surface area contributed by atoms with Crippen molar-refractivity contribution in [1.82, 2.24) is 0 Å². The molecule has 0 radical (unpaired) electrons. The molecule has 0 fully saturated rings. The molecule has 0 heterocycles. The lowest BCUT2D eigenvalue weighted by molar-refractivity contribution is -0.384.